The van der Waals surface area contributed by atoms with Gasteiger partial charge in [-0.2, -0.15) is 0 Å². The Labute approximate surface area is 169 Å². The molecule has 0 radical (unpaired) electrons. The van der Waals surface area contributed by atoms with Crippen LogP contribution < -0.4 is 10.2 Å². The van der Waals surface area contributed by atoms with Crippen molar-refractivity contribution in [1.82, 2.24) is 10.2 Å². The van der Waals surface area contributed by atoms with Gasteiger partial charge in [-0.3, -0.25) is 9.59 Å². The Balaban J connectivity index is 1.62. The zero-order valence-electron chi connectivity index (χ0n) is 15.9. The topological polar surface area (TPSA) is 52.7 Å². The van der Waals surface area contributed by atoms with E-state index >= 15 is 0 Å². The molecular formula is C21H23ClFN3O2. The first-order chi connectivity index (χ1) is 13.3. The number of nitrogens with one attached hydrogen (secondary N) is 1. The van der Waals surface area contributed by atoms with Gasteiger partial charge in [-0.05, 0) is 56.1 Å². The summed E-state index contributed by atoms with van der Waals surface area (Å²) in [5.41, 5.74) is 1.52. The van der Waals surface area contributed by atoms with Gasteiger partial charge in [0.2, 0.25) is 11.8 Å². The second kappa shape index (κ2) is 8.71. The van der Waals surface area contributed by atoms with Crippen molar-refractivity contribution in [1.29, 1.82) is 0 Å². The zero-order chi connectivity index (χ0) is 20.3. The molecule has 1 heterocycles. The molecule has 1 N–H and O–H groups in total. The summed E-state index contributed by atoms with van der Waals surface area (Å²) in [6.45, 7) is 0.666. The molecule has 2 unspecified atom stereocenters. The molecule has 2 aromatic carbocycles. The van der Waals surface area contributed by atoms with Gasteiger partial charge in [-0.25, -0.2) is 4.39 Å². The average molecular weight is 404 g/mol. The van der Waals surface area contributed by atoms with Gasteiger partial charge in [-0.15, -0.1) is 0 Å². The van der Waals surface area contributed by atoms with Crippen LogP contribution in [-0.2, 0) is 9.59 Å². The molecule has 0 aromatic heterocycles. The number of anilines is 1. The molecule has 1 aliphatic heterocycles. The maximum Gasteiger partial charge on any atom is 0.227 e. The molecule has 5 nitrogen and oxygen atoms in total. The molecule has 3 rings (SSSR count). The summed E-state index contributed by atoms with van der Waals surface area (Å²) in [7, 11) is 3.76. The van der Waals surface area contributed by atoms with Gasteiger partial charge in [0.1, 0.15) is 5.82 Å². The van der Waals surface area contributed by atoms with E-state index in [4.69, 9.17) is 11.6 Å². The quantitative estimate of drug-likeness (QED) is 0.805. The average Bonchev–Trinajstić information content (AvgIpc) is 3.04. The molecule has 1 saturated heterocycles. The van der Waals surface area contributed by atoms with E-state index in [0.29, 0.717) is 18.1 Å². The summed E-state index contributed by atoms with van der Waals surface area (Å²) in [4.78, 5) is 28.5. The minimum Gasteiger partial charge on any atom is -0.354 e. The van der Waals surface area contributed by atoms with Crippen LogP contribution in [0.1, 0.15) is 18.0 Å². The Morgan fingerprint density at radius 3 is 2.64 bits per heavy atom. The van der Waals surface area contributed by atoms with Crippen LogP contribution in [0.4, 0.5) is 10.1 Å². The van der Waals surface area contributed by atoms with E-state index in [1.54, 1.807) is 35.2 Å². The number of halogens is 2. The number of carbonyl (C=O) groups is 2. The minimum atomic E-state index is -0.418. The van der Waals surface area contributed by atoms with Crippen molar-refractivity contribution >= 4 is 29.1 Å². The summed E-state index contributed by atoms with van der Waals surface area (Å²) >= 11 is 5.90. The molecular weight excluding hydrogens is 381 g/mol. The lowest BCUT2D eigenvalue weighted by molar-refractivity contribution is -0.126. The van der Waals surface area contributed by atoms with E-state index in [1.807, 2.05) is 25.1 Å². The van der Waals surface area contributed by atoms with Crippen LogP contribution in [-0.4, -0.2) is 43.9 Å². The fraction of sp³-hybridized carbons (Fsp3) is 0.333. The van der Waals surface area contributed by atoms with Crippen molar-refractivity contribution in [2.45, 2.75) is 12.5 Å². The lowest BCUT2D eigenvalue weighted by Gasteiger charge is -2.25. The molecule has 2 amide bonds. The smallest absolute Gasteiger partial charge is 0.227 e. The first-order valence-corrected chi connectivity index (χ1v) is 9.48. The predicted molar refractivity (Wildman–Crippen MR) is 108 cm³/mol. The lowest BCUT2D eigenvalue weighted by Crippen LogP contribution is -2.38. The van der Waals surface area contributed by atoms with Crippen molar-refractivity contribution in [2.75, 3.05) is 32.1 Å². The van der Waals surface area contributed by atoms with Crippen molar-refractivity contribution in [3.63, 3.8) is 0 Å². The van der Waals surface area contributed by atoms with Gasteiger partial charge in [0, 0.05) is 30.2 Å². The van der Waals surface area contributed by atoms with Crippen LogP contribution in [0.25, 0.3) is 0 Å². The summed E-state index contributed by atoms with van der Waals surface area (Å²) in [5, 5.41) is 3.52. The predicted octanol–water partition coefficient (Wildman–Crippen LogP) is 3.25. The monoisotopic (exact) mass is 403 g/mol. The number of rotatable bonds is 6. The molecule has 0 bridgehead atoms. The normalized spacial score (nSPS) is 17.8. The van der Waals surface area contributed by atoms with Crippen molar-refractivity contribution in [3.8, 4) is 0 Å². The molecule has 1 aliphatic rings. The third-order valence-corrected chi connectivity index (χ3v) is 5.21. The van der Waals surface area contributed by atoms with Crippen molar-refractivity contribution < 1.29 is 14.0 Å². The Bertz CT molecular complexity index is 857. The molecule has 28 heavy (non-hydrogen) atoms. The Hall–Kier alpha value is -2.44. The van der Waals surface area contributed by atoms with Crippen LogP contribution in [0, 0.1) is 11.7 Å². The van der Waals surface area contributed by atoms with Gasteiger partial charge in [0.15, 0.2) is 0 Å². The number of benzene rings is 2. The fourth-order valence-corrected chi connectivity index (χ4v) is 3.53. The Kier molecular flexibility index (Phi) is 6.31. The number of nitrogens with zero attached hydrogens (tertiary/aromatic N) is 2. The molecule has 148 valence electrons. The Morgan fingerprint density at radius 2 is 2.00 bits per heavy atom. The van der Waals surface area contributed by atoms with Gasteiger partial charge in [0.05, 0.1) is 12.0 Å². The van der Waals surface area contributed by atoms with Crippen LogP contribution >= 0.6 is 11.6 Å². The van der Waals surface area contributed by atoms with Gasteiger partial charge >= 0.3 is 0 Å². The molecule has 1 fully saturated rings. The van der Waals surface area contributed by atoms with Crippen molar-refractivity contribution in [2.24, 2.45) is 5.92 Å². The Morgan fingerprint density at radius 1 is 1.29 bits per heavy atom. The first kappa shape index (κ1) is 20.3. The third-order valence-electron chi connectivity index (χ3n) is 4.96. The largest absolute Gasteiger partial charge is 0.354 e. The van der Waals surface area contributed by atoms with E-state index in [9.17, 15) is 14.0 Å². The van der Waals surface area contributed by atoms with E-state index < -0.39 is 5.92 Å². The highest BCUT2D eigenvalue weighted by Gasteiger charge is 2.35. The number of carbonyl (C=O) groups excluding carboxylic acids is 2. The maximum atomic E-state index is 13.6. The summed E-state index contributed by atoms with van der Waals surface area (Å²) in [5.74, 6) is -0.987. The zero-order valence-corrected chi connectivity index (χ0v) is 16.6. The standard InChI is InChI=1S/C21H23ClFN3O2/c1-25(2)19(14-4-3-5-17(23)10-14)12-24-21(28)15-11-20(27)26(13-15)18-8-6-16(22)7-9-18/h3-10,15,19H,11-13H2,1-2H3,(H,24,28). The molecule has 0 spiro atoms. The summed E-state index contributed by atoms with van der Waals surface area (Å²) in [6, 6.07) is 13.2. The number of likely N-dealkylation sites (N-methyl/N-ethyl adjacent to an activating group) is 1. The number of hydrogen-bond donors (Lipinski definition) is 1. The second-order valence-corrected chi connectivity index (χ2v) is 7.60. The van der Waals surface area contributed by atoms with Gasteiger partial charge in [0.25, 0.3) is 0 Å². The molecule has 0 saturated carbocycles. The van der Waals surface area contributed by atoms with Gasteiger partial charge in [-0.1, -0.05) is 23.7 Å². The third kappa shape index (κ3) is 4.69. The van der Waals surface area contributed by atoms with Crippen LogP contribution in [0.3, 0.4) is 0 Å². The van der Waals surface area contributed by atoms with Crippen molar-refractivity contribution in [3.05, 3.63) is 64.9 Å². The van der Waals surface area contributed by atoms with E-state index in [1.165, 1.54) is 12.1 Å². The van der Waals surface area contributed by atoms with Gasteiger partial charge < -0.3 is 15.1 Å². The highest BCUT2D eigenvalue weighted by Crippen LogP contribution is 2.26. The summed E-state index contributed by atoms with van der Waals surface area (Å²) < 4.78 is 13.6. The van der Waals surface area contributed by atoms with E-state index in [-0.39, 0.29) is 30.1 Å². The SMILES string of the molecule is CN(C)C(CNC(=O)C1CC(=O)N(c2ccc(Cl)cc2)C1)c1cccc(F)c1. The summed E-state index contributed by atoms with van der Waals surface area (Å²) in [6.07, 6.45) is 0.168. The molecule has 2 atom stereocenters. The van der Waals surface area contributed by atoms with Crippen LogP contribution in [0.15, 0.2) is 48.5 Å². The molecule has 0 aliphatic carbocycles. The van der Waals surface area contributed by atoms with Crippen LogP contribution in [0.2, 0.25) is 5.02 Å². The lowest BCUT2D eigenvalue weighted by atomic mass is 10.0. The maximum absolute atomic E-state index is 13.6. The molecule has 7 heteroatoms. The number of amides is 2. The van der Waals surface area contributed by atoms with E-state index in [0.717, 1.165) is 11.3 Å². The fourth-order valence-electron chi connectivity index (χ4n) is 3.41. The first-order valence-electron chi connectivity index (χ1n) is 9.10. The minimum absolute atomic E-state index is 0.0863. The highest BCUT2D eigenvalue weighted by atomic mass is 35.5. The number of hydrogen-bond acceptors (Lipinski definition) is 3. The second-order valence-electron chi connectivity index (χ2n) is 7.16. The van der Waals surface area contributed by atoms with Crippen LogP contribution in [0.5, 0.6) is 0 Å². The highest BCUT2D eigenvalue weighted by molar-refractivity contribution is 6.30. The molecule has 2 aromatic rings. The van der Waals surface area contributed by atoms with E-state index in [2.05, 4.69) is 5.32 Å².